The molecular formula is C9H11IN2O2. The number of phenolic OH excluding ortho intramolecular Hbond substituents is 1. The van der Waals surface area contributed by atoms with Crippen LogP contribution in [0.2, 0.25) is 0 Å². The number of hydrogen-bond donors (Lipinski definition) is 2. The highest BCUT2D eigenvalue weighted by molar-refractivity contribution is 14.1. The first kappa shape index (κ1) is 11.1. The van der Waals surface area contributed by atoms with Crippen LogP contribution in [0.25, 0.3) is 0 Å². The van der Waals surface area contributed by atoms with E-state index in [2.05, 4.69) is 5.10 Å². The molecule has 0 radical (unpaired) electrons. The van der Waals surface area contributed by atoms with Crippen molar-refractivity contribution in [2.24, 2.45) is 10.9 Å². The lowest BCUT2D eigenvalue weighted by molar-refractivity contribution is 0.317. The molecule has 1 rings (SSSR count). The van der Waals surface area contributed by atoms with Crippen molar-refractivity contribution in [2.75, 3.05) is 6.61 Å². The number of rotatable bonds is 3. The third kappa shape index (κ3) is 2.50. The molecule has 1 aromatic rings. The van der Waals surface area contributed by atoms with Crippen LogP contribution in [0.1, 0.15) is 12.5 Å². The van der Waals surface area contributed by atoms with E-state index >= 15 is 0 Å². The molecule has 1 aromatic carbocycles. The van der Waals surface area contributed by atoms with Crippen LogP contribution in [0.15, 0.2) is 17.2 Å². The highest BCUT2D eigenvalue weighted by atomic mass is 127. The van der Waals surface area contributed by atoms with Gasteiger partial charge in [0.25, 0.3) is 0 Å². The van der Waals surface area contributed by atoms with E-state index in [9.17, 15) is 5.11 Å². The molecule has 3 N–H and O–H groups in total. The van der Waals surface area contributed by atoms with Gasteiger partial charge in [0.05, 0.1) is 16.4 Å². The topological polar surface area (TPSA) is 67.8 Å². The number of hydrazone groups is 1. The van der Waals surface area contributed by atoms with E-state index in [-0.39, 0.29) is 5.75 Å². The molecule has 0 aliphatic carbocycles. The SMILES string of the molecule is CCOc1cc(C=NN)cc(I)c1O. The molecule has 0 fully saturated rings. The van der Waals surface area contributed by atoms with E-state index in [4.69, 9.17) is 10.6 Å². The van der Waals surface area contributed by atoms with Crippen molar-refractivity contribution in [3.05, 3.63) is 21.3 Å². The molecule has 5 heteroatoms. The first-order chi connectivity index (χ1) is 6.69. The smallest absolute Gasteiger partial charge is 0.171 e. The summed E-state index contributed by atoms with van der Waals surface area (Å²) in [6.07, 6.45) is 1.50. The Morgan fingerprint density at radius 2 is 2.36 bits per heavy atom. The number of ether oxygens (including phenoxy) is 1. The van der Waals surface area contributed by atoms with Crippen LogP contribution in [-0.4, -0.2) is 17.9 Å². The van der Waals surface area contributed by atoms with E-state index in [0.717, 1.165) is 5.56 Å². The zero-order chi connectivity index (χ0) is 10.6. The largest absolute Gasteiger partial charge is 0.504 e. The van der Waals surface area contributed by atoms with E-state index < -0.39 is 0 Å². The molecule has 0 unspecified atom stereocenters. The van der Waals surface area contributed by atoms with Gasteiger partial charge in [-0.2, -0.15) is 5.10 Å². The zero-order valence-electron chi connectivity index (χ0n) is 7.70. The minimum absolute atomic E-state index is 0.154. The molecule has 14 heavy (non-hydrogen) atoms. The predicted octanol–water partition coefficient (Wildman–Crippen LogP) is 1.69. The molecule has 0 aromatic heterocycles. The Balaban J connectivity index is 3.13. The summed E-state index contributed by atoms with van der Waals surface area (Å²) < 4.78 is 5.96. The fourth-order valence-electron chi connectivity index (χ4n) is 1.02. The van der Waals surface area contributed by atoms with Gasteiger partial charge >= 0.3 is 0 Å². The number of nitrogens with zero attached hydrogens (tertiary/aromatic N) is 1. The fourth-order valence-corrected chi connectivity index (χ4v) is 1.65. The average molecular weight is 306 g/mol. The predicted molar refractivity (Wildman–Crippen MR) is 63.8 cm³/mol. The maximum atomic E-state index is 9.61. The Morgan fingerprint density at radius 3 is 2.93 bits per heavy atom. The molecule has 4 nitrogen and oxygen atoms in total. The first-order valence-corrected chi connectivity index (χ1v) is 5.15. The Morgan fingerprint density at radius 1 is 1.64 bits per heavy atom. The van der Waals surface area contributed by atoms with Crippen molar-refractivity contribution in [1.29, 1.82) is 0 Å². The van der Waals surface area contributed by atoms with Gasteiger partial charge in [-0.3, -0.25) is 0 Å². The molecule has 0 bridgehead atoms. The minimum atomic E-state index is 0.154. The molecular weight excluding hydrogens is 295 g/mol. The van der Waals surface area contributed by atoms with Crippen molar-refractivity contribution in [3.63, 3.8) is 0 Å². The third-order valence-electron chi connectivity index (χ3n) is 1.57. The van der Waals surface area contributed by atoms with Crippen LogP contribution in [-0.2, 0) is 0 Å². The van der Waals surface area contributed by atoms with Crippen molar-refractivity contribution in [3.8, 4) is 11.5 Å². The Labute approximate surface area is 95.9 Å². The molecule has 0 aliphatic heterocycles. The van der Waals surface area contributed by atoms with Gasteiger partial charge in [0.1, 0.15) is 0 Å². The van der Waals surface area contributed by atoms with Gasteiger partial charge in [-0.25, -0.2) is 0 Å². The molecule has 0 amide bonds. The summed E-state index contributed by atoms with van der Waals surface area (Å²) in [7, 11) is 0. The quantitative estimate of drug-likeness (QED) is 0.386. The molecule has 0 spiro atoms. The summed E-state index contributed by atoms with van der Waals surface area (Å²) in [4.78, 5) is 0. The lowest BCUT2D eigenvalue weighted by Gasteiger charge is -2.08. The number of benzene rings is 1. The van der Waals surface area contributed by atoms with Gasteiger partial charge in [0, 0.05) is 0 Å². The lowest BCUT2D eigenvalue weighted by Crippen LogP contribution is -1.95. The van der Waals surface area contributed by atoms with Crippen LogP contribution in [0, 0.1) is 3.57 Å². The number of halogens is 1. The molecule has 0 saturated carbocycles. The van der Waals surface area contributed by atoms with Gasteiger partial charge in [0.2, 0.25) is 0 Å². The number of aromatic hydroxyl groups is 1. The van der Waals surface area contributed by atoms with Crippen LogP contribution < -0.4 is 10.6 Å². The monoisotopic (exact) mass is 306 g/mol. The number of phenols is 1. The van der Waals surface area contributed by atoms with Gasteiger partial charge in [0.15, 0.2) is 11.5 Å². The summed E-state index contributed by atoms with van der Waals surface area (Å²) in [5, 5.41) is 13.0. The van der Waals surface area contributed by atoms with Crippen LogP contribution in [0.4, 0.5) is 0 Å². The summed E-state index contributed by atoms with van der Waals surface area (Å²) in [5.74, 6) is 5.64. The second-order valence-corrected chi connectivity index (χ2v) is 3.72. The standard InChI is InChI=1S/C9H11IN2O2/c1-2-14-8-4-6(5-12-11)3-7(10)9(8)13/h3-5,13H,2,11H2,1H3. The molecule has 0 saturated heterocycles. The van der Waals surface area contributed by atoms with Crippen LogP contribution >= 0.6 is 22.6 Å². The molecule has 0 aliphatic rings. The van der Waals surface area contributed by atoms with E-state index in [1.165, 1.54) is 6.21 Å². The second kappa shape index (κ2) is 5.04. The van der Waals surface area contributed by atoms with Gasteiger partial charge < -0.3 is 15.7 Å². The van der Waals surface area contributed by atoms with Gasteiger partial charge in [-0.05, 0) is 47.2 Å². The Hall–Kier alpha value is -0.980. The van der Waals surface area contributed by atoms with Crippen molar-refractivity contribution in [1.82, 2.24) is 0 Å². The fraction of sp³-hybridized carbons (Fsp3) is 0.222. The number of hydrogen-bond acceptors (Lipinski definition) is 4. The van der Waals surface area contributed by atoms with E-state index in [1.54, 1.807) is 12.1 Å². The van der Waals surface area contributed by atoms with Gasteiger partial charge in [-0.1, -0.05) is 0 Å². The van der Waals surface area contributed by atoms with E-state index in [1.807, 2.05) is 29.5 Å². The van der Waals surface area contributed by atoms with E-state index in [0.29, 0.717) is 15.9 Å². The maximum absolute atomic E-state index is 9.61. The second-order valence-electron chi connectivity index (χ2n) is 2.56. The van der Waals surface area contributed by atoms with Crippen LogP contribution in [0.3, 0.4) is 0 Å². The summed E-state index contributed by atoms with van der Waals surface area (Å²) >= 11 is 2.02. The summed E-state index contributed by atoms with van der Waals surface area (Å²) in [5.41, 5.74) is 0.804. The highest BCUT2D eigenvalue weighted by Crippen LogP contribution is 2.32. The third-order valence-corrected chi connectivity index (χ3v) is 2.40. The summed E-state index contributed by atoms with van der Waals surface area (Å²) in [6, 6.07) is 3.46. The van der Waals surface area contributed by atoms with Gasteiger partial charge in [-0.15, -0.1) is 0 Å². The first-order valence-electron chi connectivity index (χ1n) is 4.07. The van der Waals surface area contributed by atoms with Crippen LogP contribution in [0.5, 0.6) is 11.5 Å². The lowest BCUT2D eigenvalue weighted by atomic mass is 10.2. The minimum Gasteiger partial charge on any atom is -0.504 e. The molecule has 0 atom stereocenters. The number of nitrogens with two attached hydrogens (primary N) is 1. The Bertz CT molecular complexity index is 353. The average Bonchev–Trinajstić information content (AvgIpc) is 2.14. The molecule has 76 valence electrons. The Kier molecular flexibility index (Phi) is 3.99. The van der Waals surface area contributed by atoms with Crippen molar-refractivity contribution < 1.29 is 9.84 Å². The summed E-state index contributed by atoms with van der Waals surface area (Å²) in [6.45, 7) is 2.36. The van der Waals surface area contributed by atoms with Crippen molar-refractivity contribution in [2.45, 2.75) is 6.92 Å². The maximum Gasteiger partial charge on any atom is 0.171 e. The normalized spacial score (nSPS) is 10.7. The zero-order valence-corrected chi connectivity index (χ0v) is 9.85. The highest BCUT2D eigenvalue weighted by Gasteiger charge is 2.07. The molecule has 0 heterocycles. The van der Waals surface area contributed by atoms with Crippen molar-refractivity contribution >= 4 is 28.8 Å².